The number of carboxylic acid groups (broad SMARTS) is 2. The third-order valence-electron chi connectivity index (χ3n) is 21.2. The lowest BCUT2D eigenvalue weighted by Crippen LogP contribution is -2.55. The highest BCUT2D eigenvalue weighted by Crippen LogP contribution is 2.39. The van der Waals surface area contributed by atoms with Crippen molar-refractivity contribution in [2.75, 3.05) is 128 Å². The van der Waals surface area contributed by atoms with Crippen LogP contribution in [-0.4, -0.2) is 281 Å². The van der Waals surface area contributed by atoms with Gasteiger partial charge in [-0.2, -0.15) is 5.11 Å². The SMILES string of the molecule is CC(=O)C[C@@H]1NC(=O)CNC(=O)[C@H](CCCNC(=N)N)NC(=O)[C@H](CCCCNC(=O)CCSC2CC(=O)N(CCC(=O)NCCCC[C@@H](NC(=O)CN3CCN(COC=O)CCN(CC(=O)O)CCN(CC(=O)O)CC3)C(=O)Nc3ccc(-c4ccc(N=Nc5ccc6cccc(N)c6c5O)c(C)c4)cc3C)C2=O)NC(=O)[C@@H](Cc2ccccc2)CC1=O. The van der Waals surface area contributed by atoms with E-state index in [4.69, 9.17) is 21.6 Å². The highest BCUT2D eigenvalue weighted by Gasteiger charge is 2.39. The van der Waals surface area contributed by atoms with Gasteiger partial charge in [0.15, 0.2) is 17.5 Å². The second kappa shape index (κ2) is 49.7. The van der Waals surface area contributed by atoms with Gasteiger partial charge in [0.2, 0.25) is 59.1 Å². The van der Waals surface area contributed by atoms with Gasteiger partial charge in [-0.05, 0) is 148 Å². The van der Waals surface area contributed by atoms with E-state index in [9.17, 15) is 87.2 Å². The number of anilines is 2. The van der Waals surface area contributed by atoms with Gasteiger partial charge >= 0.3 is 11.9 Å². The number of fused-ring (bicyclic) bond motifs is 1. The zero-order valence-corrected chi connectivity index (χ0v) is 70.8. The molecule has 668 valence electrons. The summed E-state index contributed by atoms with van der Waals surface area (Å²) in [5, 5.41) is 71.8. The predicted molar refractivity (Wildman–Crippen MR) is 461 cm³/mol. The normalized spacial score (nSPS) is 18.7. The van der Waals surface area contributed by atoms with Crippen molar-refractivity contribution in [2.24, 2.45) is 21.9 Å². The van der Waals surface area contributed by atoms with Gasteiger partial charge in [0.05, 0.1) is 43.2 Å². The number of nitrogen functional groups attached to an aromatic ring is 1. The molecule has 17 N–H and O–H groups in total. The summed E-state index contributed by atoms with van der Waals surface area (Å²) in [7, 11) is 0. The van der Waals surface area contributed by atoms with E-state index in [2.05, 4.69) is 58.1 Å². The molecule has 124 heavy (non-hydrogen) atoms. The summed E-state index contributed by atoms with van der Waals surface area (Å²) < 4.78 is 5.08. The van der Waals surface area contributed by atoms with Crippen molar-refractivity contribution < 1.29 is 92.0 Å². The number of Topliss-reactive ketones (excluding diaryl/α,β-unsaturated/α-hetero) is 2. The minimum Gasteiger partial charge on any atom is -0.505 e. The molecule has 3 saturated heterocycles. The number of nitrogens with zero attached hydrogens (tertiary/aromatic N) is 7. The number of carboxylic acids is 2. The molecule has 3 aliphatic heterocycles. The Bertz CT molecular complexity index is 4670. The Morgan fingerprint density at radius 2 is 1.24 bits per heavy atom. The molecular weight excluding hydrogens is 1620 g/mol. The van der Waals surface area contributed by atoms with Crippen molar-refractivity contribution in [3.05, 3.63) is 114 Å². The Labute approximate surface area is 722 Å². The van der Waals surface area contributed by atoms with Crippen LogP contribution in [0.5, 0.6) is 5.75 Å². The number of aromatic hydroxyl groups is 1. The number of nitrogens with one attached hydrogen (secondary N) is 10. The molecule has 5 aromatic rings. The number of rotatable bonds is 40. The molecule has 0 spiro atoms. The van der Waals surface area contributed by atoms with Crippen LogP contribution in [0.1, 0.15) is 107 Å². The Balaban J connectivity index is 0.837. The second-order valence-corrected chi connectivity index (χ2v) is 32.2. The van der Waals surface area contributed by atoms with Crippen molar-refractivity contribution in [3.8, 4) is 16.9 Å². The molecule has 0 radical (unpaired) electrons. The van der Waals surface area contributed by atoms with E-state index in [0.29, 0.717) is 52.8 Å². The number of ether oxygens (including phenoxy) is 1. The van der Waals surface area contributed by atoms with E-state index in [-0.39, 0.29) is 205 Å². The van der Waals surface area contributed by atoms with Gasteiger partial charge < -0.3 is 79.4 Å². The number of amides is 10. The van der Waals surface area contributed by atoms with Crippen molar-refractivity contribution in [2.45, 2.75) is 140 Å². The second-order valence-electron chi connectivity index (χ2n) is 30.9. The molecule has 3 fully saturated rings. The molecule has 0 saturated carbocycles. The number of benzene rings is 5. The van der Waals surface area contributed by atoms with Gasteiger partial charge in [-0.25, -0.2) is 0 Å². The number of hydrogen-bond donors (Lipinski definition) is 15. The lowest BCUT2D eigenvalue weighted by molar-refractivity contribution is -0.140. The summed E-state index contributed by atoms with van der Waals surface area (Å²) >= 11 is 1.12. The maximum atomic E-state index is 14.5. The zero-order chi connectivity index (χ0) is 89.8. The standard InChI is InChI=1S/C85H113N19O19S/c1-53-41-58(59-22-24-63(54(2)42-59)98-99-64-25-20-57-15-11-16-61(86)78(57)79(64)117)21-23-62(53)95-82(120)66(93-74(111)48-100-32-33-101(49-76(113)114)34-35-102(50-77(115)116)37-39-103(38-36-100)51-123-52-105)17-7-9-28-89-71(108)26-31-104-75(112)46-70(84(104)122)124-40-27-72(109)90-29-10-8-18-67-83(121)97-65(19-12-30-91-85(87)88)81(119)92-47-73(110)94-68(43-55(3)106)69(107)45-60(80(118)96-67)44-56-13-5-4-6-14-56/h4-6,11,13-16,20-25,41-42,52,60,65-68,70,117H,7-10,12,17-19,26-40,43-51,86H2,1-3H3,(H,89,108)(H,90,109)(H,92,119)(H,93,111)(H,94,110)(H,95,120)(H,96,118)(H,97,121)(H,113,114)(H,115,116)(H4,87,88,91)/t60-,65-,66+,67-,68-,70?/m0/s1. The number of phenolic OH excluding ortho intramolecular Hbond substituents is 1. The smallest absolute Gasteiger partial charge is 0.317 e. The van der Waals surface area contributed by atoms with Crippen molar-refractivity contribution >= 4 is 140 Å². The first-order valence-corrected chi connectivity index (χ1v) is 42.4. The van der Waals surface area contributed by atoms with Crippen LogP contribution in [0.4, 0.5) is 22.7 Å². The molecule has 3 heterocycles. The fourth-order valence-electron chi connectivity index (χ4n) is 14.5. The molecule has 0 aliphatic carbocycles. The number of azo groups is 1. The molecule has 38 nitrogen and oxygen atoms in total. The highest BCUT2D eigenvalue weighted by atomic mass is 32.2. The summed E-state index contributed by atoms with van der Waals surface area (Å²) in [6, 6.07) is 23.7. The number of hydrogen-bond acceptors (Lipinski definition) is 26. The third kappa shape index (κ3) is 32.2. The number of imide groups is 1. The number of aliphatic carboxylic acids is 2. The van der Waals surface area contributed by atoms with E-state index in [0.717, 1.165) is 38.7 Å². The van der Waals surface area contributed by atoms with E-state index in [1.54, 1.807) is 86.3 Å². The van der Waals surface area contributed by atoms with Crippen LogP contribution in [-0.2, 0) is 83.1 Å². The van der Waals surface area contributed by atoms with E-state index in [1.807, 2.05) is 44.2 Å². The summed E-state index contributed by atoms with van der Waals surface area (Å²) in [6.45, 7) is 5.51. The van der Waals surface area contributed by atoms with Crippen LogP contribution >= 0.6 is 11.8 Å². The number of thioether (sulfide) groups is 1. The topological polar surface area (TPSA) is 551 Å². The predicted octanol–water partition coefficient (Wildman–Crippen LogP) is 2.63. The van der Waals surface area contributed by atoms with Crippen molar-refractivity contribution in [1.82, 2.24) is 67.0 Å². The first-order valence-electron chi connectivity index (χ1n) is 41.3. The monoisotopic (exact) mass is 1740 g/mol. The summed E-state index contributed by atoms with van der Waals surface area (Å²) in [5.74, 6) is -10.4. The van der Waals surface area contributed by atoms with Gasteiger partial charge in [-0.15, -0.1) is 16.9 Å². The minimum absolute atomic E-state index is 0.0104. The van der Waals surface area contributed by atoms with Gasteiger partial charge in [0.25, 0.3) is 6.47 Å². The van der Waals surface area contributed by atoms with Crippen LogP contribution in [0.25, 0.3) is 21.9 Å². The van der Waals surface area contributed by atoms with Crippen LogP contribution < -0.4 is 59.3 Å². The van der Waals surface area contributed by atoms with Crippen LogP contribution in [0.15, 0.2) is 107 Å². The number of ketones is 2. The maximum absolute atomic E-state index is 14.5. The van der Waals surface area contributed by atoms with Crippen LogP contribution in [0.3, 0.4) is 0 Å². The molecular formula is C85H113N19O19S. The van der Waals surface area contributed by atoms with Crippen LogP contribution in [0.2, 0.25) is 0 Å². The first kappa shape index (κ1) is 97.1. The molecule has 39 heteroatoms. The Morgan fingerprint density at radius 1 is 0.645 bits per heavy atom. The number of carbonyl (C=O) groups is 15. The molecule has 1 unspecified atom stereocenters. The minimum atomic E-state index is -1.32. The molecule has 8 rings (SSSR count). The molecule has 0 bridgehead atoms. The number of phenols is 1. The third-order valence-corrected chi connectivity index (χ3v) is 22.4. The van der Waals surface area contributed by atoms with Crippen LogP contribution in [0, 0.1) is 25.2 Å². The number of likely N-dealkylation sites (tertiary alicyclic amines) is 1. The lowest BCUT2D eigenvalue weighted by atomic mass is 9.89. The zero-order valence-electron chi connectivity index (χ0n) is 70.0. The maximum Gasteiger partial charge on any atom is 0.317 e. The van der Waals surface area contributed by atoms with E-state index < -0.39 is 125 Å². The molecule has 6 atom stereocenters. The fourth-order valence-corrected chi connectivity index (χ4v) is 15.6. The fraction of sp³-hybridized carbons (Fsp3) is 0.482. The van der Waals surface area contributed by atoms with Crippen molar-refractivity contribution in [3.63, 3.8) is 0 Å². The van der Waals surface area contributed by atoms with Crippen molar-refractivity contribution in [1.29, 1.82) is 5.41 Å². The molecule has 5 aromatic carbocycles. The quantitative estimate of drug-likeness (QED) is 0.00510. The van der Waals surface area contributed by atoms with E-state index in [1.165, 1.54) is 6.92 Å². The number of nitrogens with two attached hydrogens (primary N) is 2. The number of unbranched alkanes of at least 4 members (excludes halogenated alkanes) is 2. The Morgan fingerprint density at radius 3 is 1.89 bits per heavy atom. The Kier molecular flexibility index (Phi) is 38.9. The number of guanidine groups is 1. The molecule has 3 aliphatic rings. The van der Waals surface area contributed by atoms with Gasteiger partial charge in [0.1, 0.15) is 36.3 Å². The Hall–Kier alpha value is -12.3. The summed E-state index contributed by atoms with van der Waals surface area (Å²) in [5.41, 5.74) is 17.1. The lowest BCUT2D eigenvalue weighted by Gasteiger charge is -2.33. The summed E-state index contributed by atoms with van der Waals surface area (Å²) in [6.07, 6.45) is 0.386. The van der Waals surface area contributed by atoms with Gasteiger partial charge in [-0.1, -0.05) is 60.7 Å². The first-order chi connectivity index (χ1) is 59.4. The van der Waals surface area contributed by atoms with Gasteiger partial charge in [0, 0.05) is 139 Å². The van der Waals surface area contributed by atoms with Gasteiger partial charge in [-0.3, -0.25) is 102 Å². The number of carbonyl (C=O) groups excluding carboxylic acids is 13. The molecule has 10 amide bonds. The molecule has 0 aromatic heterocycles. The largest absolute Gasteiger partial charge is 0.505 e. The number of aryl methyl sites for hydroxylation is 2. The average molecular weight is 1740 g/mol. The van der Waals surface area contributed by atoms with E-state index >= 15 is 0 Å². The highest BCUT2D eigenvalue weighted by molar-refractivity contribution is 8.00. The summed E-state index contributed by atoms with van der Waals surface area (Å²) in [4.78, 5) is 207. The average Bonchev–Trinajstić information content (AvgIpc) is 1.02.